The Bertz CT molecular complexity index is 684. The zero-order valence-corrected chi connectivity index (χ0v) is 15.4. The predicted octanol–water partition coefficient (Wildman–Crippen LogP) is 7.08. The Balaban J connectivity index is 1.52. The van der Waals surface area contributed by atoms with Crippen LogP contribution in [-0.2, 0) is 0 Å². The van der Waals surface area contributed by atoms with Gasteiger partial charge in [-0.2, -0.15) is 5.26 Å². The Morgan fingerprint density at radius 2 is 1.52 bits per heavy atom. The molecule has 2 aromatic rings. The van der Waals surface area contributed by atoms with E-state index in [1.807, 2.05) is 24.3 Å². The minimum Gasteiger partial charge on any atom is -0.192 e. The fraction of sp³-hybridized carbons (Fsp3) is 0.458. The highest BCUT2D eigenvalue weighted by atomic mass is 14.2. The maximum atomic E-state index is 8.90. The van der Waals surface area contributed by atoms with Crippen molar-refractivity contribution in [3.05, 3.63) is 59.7 Å². The van der Waals surface area contributed by atoms with Gasteiger partial charge < -0.3 is 0 Å². The van der Waals surface area contributed by atoms with Gasteiger partial charge in [0.25, 0.3) is 0 Å². The topological polar surface area (TPSA) is 23.8 Å². The summed E-state index contributed by atoms with van der Waals surface area (Å²) in [4.78, 5) is 0. The van der Waals surface area contributed by atoms with Crippen LogP contribution < -0.4 is 0 Å². The summed E-state index contributed by atoms with van der Waals surface area (Å²) < 4.78 is 0. The van der Waals surface area contributed by atoms with Gasteiger partial charge in [0.15, 0.2) is 0 Å². The van der Waals surface area contributed by atoms with E-state index in [2.05, 4.69) is 37.3 Å². The first-order valence-electron chi connectivity index (χ1n) is 9.87. The highest BCUT2D eigenvalue weighted by Crippen LogP contribution is 2.30. The average molecular weight is 332 g/mol. The number of benzene rings is 2. The second kappa shape index (κ2) is 8.86. The van der Waals surface area contributed by atoms with Gasteiger partial charge in [0.05, 0.1) is 11.6 Å². The molecule has 2 aromatic carbocycles. The molecule has 1 heteroatoms. The number of hydrogen-bond donors (Lipinski definition) is 0. The normalized spacial score (nSPS) is 16.3. The molecule has 0 N–H and O–H groups in total. The Labute approximate surface area is 152 Å². The molecule has 1 atom stereocenters. The van der Waals surface area contributed by atoms with E-state index in [1.54, 1.807) is 0 Å². The van der Waals surface area contributed by atoms with Gasteiger partial charge in [-0.05, 0) is 47.1 Å². The standard InChI is InChI=1S/C24H29N/c1-19(6-5-9-20-7-3-2-4-8-20)22-14-16-24(17-15-22)23-12-10-21(18-25)11-13-23/h10-17,19-20H,2-9H2,1H3. The molecule has 1 aliphatic rings. The SMILES string of the molecule is CC(CCCC1CCCCC1)c1ccc(-c2ccc(C#N)cc2)cc1. The molecule has 25 heavy (non-hydrogen) atoms. The molecule has 3 rings (SSSR count). The molecule has 0 aromatic heterocycles. The van der Waals surface area contributed by atoms with Crippen LogP contribution in [0.5, 0.6) is 0 Å². The van der Waals surface area contributed by atoms with Crippen LogP contribution >= 0.6 is 0 Å². The van der Waals surface area contributed by atoms with Gasteiger partial charge in [0, 0.05) is 0 Å². The molecule has 0 heterocycles. The van der Waals surface area contributed by atoms with Crippen LogP contribution in [0.3, 0.4) is 0 Å². The van der Waals surface area contributed by atoms with E-state index < -0.39 is 0 Å². The molecular formula is C24H29N. The minimum absolute atomic E-state index is 0.638. The molecule has 0 amide bonds. The number of rotatable bonds is 6. The van der Waals surface area contributed by atoms with E-state index in [1.165, 1.54) is 68.1 Å². The van der Waals surface area contributed by atoms with Gasteiger partial charge in [-0.1, -0.05) is 88.3 Å². The third-order valence-electron chi connectivity index (χ3n) is 5.80. The zero-order chi connectivity index (χ0) is 17.5. The van der Waals surface area contributed by atoms with E-state index >= 15 is 0 Å². The second-order valence-corrected chi connectivity index (χ2v) is 7.65. The molecule has 0 radical (unpaired) electrons. The second-order valence-electron chi connectivity index (χ2n) is 7.65. The lowest BCUT2D eigenvalue weighted by Crippen LogP contribution is -2.06. The van der Waals surface area contributed by atoms with Crippen LogP contribution in [0.2, 0.25) is 0 Å². The maximum Gasteiger partial charge on any atom is 0.0991 e. The fourth-order valence-electron chi connectivity index (χ4n) is 4.10. The third-order valence-corrected chi connectivity index (χ3v) is 5.80. The summed E-state index contributed by atoms with van der Waals surface area (Å²) in [6, 6.07) is 19.0. The predicted molar refractivity (Wildman–Crippen MR) is 105 cm³/mol. The lowest BCUT2D eigenvalue weighted by Gasteiger charge is -2.22. The lowest BCUT2D eigenvalue weighted by molar-refractivity contribution is 0.327. The van der Waals surface area contributed by atoms with Crippen molar-refractivity contribution in [2.45, 2.75) is 64.2 Å². The smallest absolute Gasteiger partial charge is 0.0991 e. The molecule has 1 saturated carbocycles. The summed E-state index contributed by atoms with van der Waals surface area (Å²) in [5, 5.41) is 8.90. The van der Waals surface area contributed by atoms with Crippen molar-refractivity contribution in [3.8, 4) is 17.2 Å². The molecule has 0 aliphatic heterocycles. The van der Waals surface area contributed by atoms with Gasteiger partial charge in [0.1, 0.15) is 0 Å². The van der Waals surface area contributed by atoms with E-state index in [0.29, 0.717) is 11.5 Å². The van der Waals surface area contributed by atoms with Crippen molar-refractivity contribution in [3.63, 3.8) is 0 Å². The first-order valence-corrected chi connectivity index (χ1v) is 9.87. The molecule has 0 saturated heterocycles. The van der Waals surface area contributed by atoms with Gasteiger partial charge in [0.2, 0.25) is 0 Å². The van der Waals surface area contributed by atoms with E-state index in [9.17, 15) is 0 Å². The number of nitrogens with zero attached hydrogens (tertiary/aromatic N) is 1. The first kappa shape index (κ1) is 17.7. The molecular weight excluding hydrogens is 302 g/mol. The van der Waals surface area contributed by atoms with E-state index in [-0.39, 0.29) is 0 Å². The fourth-order valence-corrected chi connectivity index (χ4v) is 4.10. The molecule has 1 fully saturated rings. The molecule has 1 aliphatic carbocycles. The summed E-state index contributed by atoms with van der Waals surface area (Å²) in [6.07, 6.45) is 11.4. The summed E-state index contributed by atoms with van der Waals surface area (Å²) in [6.45, 7) is 2.36. The van der Waals surface area contributed by atoms with Crippen LogP contribution in [0.25, 0.3) is 11.1 Å². The van der Waals surface area contributed by atoms with E-state index in [0.717, 1.165) is 5.92 Å². The Hall–Kier alpha value is -2.07. The molecule has 0 bridgehead atoms. The van der Waals surface area contributed by atoms with Gasteiger partial charge in [-0.3, -0.25) is 0 Å². The van der Waals surface area contributed by atoms with Gasteiger partial charge in [-0.25, -0.2) is 0 Å². The number of hydrogen-bond acceptors (Lipinski definition) is 1. The highest BCUT2D eigenvalue weighted by molar-refractivity contribution is 5.64. The van der Waals surface area contributed by atoms with Gasteiger partial charge >= 0.3 is 0 Å². The first-order chi connectivity index (χ1) is 12.3. The lowest BCUT2D eigenvalue weighted by atomic mass is 9.84. The quantitative estimate of drug-likeness (QED) is 0.555. The van der Waals surface area contributed by atoms with Crippen molar-refractivity contribution in [2.24, 2.45) is 5.92 Å². The summed E-state index contributed by atoms with van der Waals surface area (Å²) in [5.74, 6) is 1.64. The molecule has 1 unspecified atom stereocenters. The Kier molecular flexibility index (Phi) is 6.29. The Morgan fingerprint density at radius 1 is 0.920 bits per heavy atom. The van der Waals surface area contributed by atoms with E-state index in [4.69, 9.17) is 5.26 Å². The van der Waals surface area contributed by atoms with Crippen LogP contribution in [0.4, 0.5) is 0 Å². The van der Waals surface area contributed by atoms with Crippen LogP contribution in [0.15, 0.2) is 48.5 Å². The van der Waals surface area contributed by atoms with Gasteiger partial charge in [-0.15, -0.1) is 0 Å². The van der Waals surface area contributed by atoms with Crippen molar-refractivity contribution < 1.29 is 0 Å². The van der Waals surface area contributed by atoms with Crippen LogP contribution in [0.1, 0.15) is 75.3 Å². The molecule has 1 nitrogen and oxygen atoms in total. The third kappa shape index (κ3) is 4.95. The van der Waals surface area contributed by atoms with Crippen LogP contribution in [0, 0.1) is 17.2 Å². The van der Waals surface area contributed by atoms with Crippen molar-refractivity contribution >= 4 is 0 Å². The summed E-state index contributed by atoms with van der Waals surface area (Å²) in [5.41, 5.74) is 4.56. The van der Waals surface area contributed by atoms with Crippen molar-refractivity contribution in [2.75, 3.05) is 0 Å². The summed E-state index contributed by atoms with van der Waals surface area (Å²) >= 11 is 0. The monoisotopic (exact) mass is 331 g/mol. The number of nitriles is 1. The average Bonchev–Trinajstić information content (AvgIpc) is 2.69. The maximum absolute atomic E-state index is 8.90. The van der Waals surface area contributed by atoms with Crippen molar-refractivity contribution in [1.29, 1.82) is 5.26 Å². The minimum atomic E-state index is 0.638. The largest absolute Gasteiger partial charge is 0.192 e. The molecule has 130 valence electrons. The highest BCUT2D eigenvalue weighted by Gasteiger charge is 2.14. The molecule has 0 spiro atoms. The summed E-state index contributed by atoms with van der Waals surface area (Å²) in [7, 11) is 0. The van der Waals surface area contributed by atoms with Crippen molar-refractivity contribution in [1.82, 2.24) is 0 Å². The zero-order valence-electron chi connectivity index (χ0n) is 15.4. The Morgan fingerprint density at radius 3 is 2.12 bits per heavy atom. The van der Waals surface area contributed by atoms with Crippen LogP contribution in [-0.4, -0.2) is 0 Å².